The molecule has 0 aliphatic carbocycles. The lowest BCUT2D eigenvalue weighted by atomic mass is 10.0. The summed E-state index contributed by atoms with van der Waals surface area (Å²) in [5, 5.41) is 12.2. The predicted molar refractivity (Wildman–Crippen MR) is 64.7 cm³/mol. The number of piperidine rings is 1. The van der Waals surface area contributed by atoms with E-state index in [0.29, 0.717) is 32.0 Å². The maximum absolute atomic E-state index is 11.9. The minimum atomic E-state index is -0.880. The summed E-state index contributed by atoms with van der Waals surface area (Å²) in [6.45, 7) is 5.23. The highest BCUT2D eigenvalue weighted by atomic mass is 16.4. The molecular weight excluding hydrogens is 220 g/mol. The van der Waals surface area contributed by atoms with Crippen molar-refractivity contribution in [1.29, 1.82) is 0 Å². The van der Waals surface area contributed by atoms with Crippen molar-refractivity contribution in [1.82, 2.24) is 10.2 Å². The van der Waals surface area contributed by atoms with E-state index in [1.165, 1.54) is 4.90 Å². The highest BCUT2D eigenvalue weighted by Crippen LogP contribution is 2.17. The topological polar surface area (TPSA) is 69.6 Å². The molecule has 1 atom stereocenters. The lowest BCUT2D eigenvalue weighted by Gasteiger charge is -2.33. The smallest absolute Gasteiger partial charge is 0.326 e. The van der Waals surface area contributed by atoms with E-state index in [2.05, 4.69) is 5.32 Å². The van der Waals surface area contributed by atoms with E-state index in [-0.39, 0.29) is 5.91 Å². The van der Waals surface area contributed by atoms with E-state index in [9.17, 15) is 9.59 Å². The number of aliphatic carboxylic acids is 1. The number of hydrogen-bond donors (Lipinski definition) is 2. The molecule has 0 bridgehead atoms. The standard InChI is InChI=1S/C12H22N2O3/c1-9(2)13-7-6-11(15)14-8-4-3-5-10(14)12(16)17/h9-10,13H,3-8H2,1-2H3,(H,16,17). The molecule has 0 aromatic heterocycles. The van der Waals surface area contributed by atoms with E-state index in [4.69, 9.17) is 5.11 Å². The quantitative estimate of drug-likeness (QED) is 0.749. The normalized spacial score (nSPS) is 20.6. The van der Waals surface area contributed by atoms with Crippen molar-refractivity contribution in [3.63, 3.8) is 0 Å². The Morgan fingerprint density at radius 2 is 2.12 bits per heavy atom. The summed E-state index contributed by atoms with van der Waals surface area (Å²) in [6.07, 6.45) is 2.76. The summed E-state index contributed by atoms with van der Waals surface area (Å²) < 4.78 is 0. The molecule has 1 unspecified atom stereocenters. The van der Waals surface area contributed by atoms with Crippen LogP contribution in [0.15, 0.2) is 0 Å². The lowest BCUT2D eigenvalue weighted by Crippen LogP contribution is -2.48. The summed E-state index contributed by atoms with van der Waals surface area (Å²) in [5.41, 5.74) is 0. The molecule has 2 N–H and O–H groups in total. The average molecular weight is 242 g/mol. The van der Waals surface area contributed by atoms with Crippen LogP contribution >= 0.6 is 0 Å². The number of carbonyl (C=O) groups excluding carboxylic acids is 1. The van der Waals surface area contributed by atoms with E-state index in [0.717, 1.165) is 12.8 Å². The minimum Gasteiger partial charge on any atom is -0.480 e. The second kappa shape index (κ2) is 6.59. The van der Waals surface area contributed by atoms with Crippen molar-refractivity contribution in [2.75, 3.05) is 13.1 Å². The first-order valence-corrected chi connectivity index (χ1v) is 6.28. The van der Waals surface area contributed by atoms with E-state index in [1.54, 1.807) is 0 Å². The molecule has 1 rings (SSSR count). The van der Waals surface area contributed by atoms with Crippen LogP contribution in [0.4, 0.5) is 0 Å². The average Bonchev–Trinajstić information content (AvgIpc) is 2.28. The Morgan fingerprint density at radius 1 is 1.41 bits per heavy atom. The first kappa shape index (κ1) is 14.0. The van der Waals surface area contributed by atoms with Crippen LogP contribution in [-0.2, 0) is 9.59 Å². The highest BCUT2D eigenvalue weighted by molar-refractivity contribution is 5.83. The van der Waals surface area contributed by atoms with Gasteiger partial charge in [-0.1, -0.05) is 13.8 Å². The van der Waals surface area contributed by atoms with Crippen molar-refractivity contribution >= 4 is 11.9 Å². The van der Waals surface area contributed by atoms with Gasteiger partial charge in [-0.2, -0.15) is 0 Å². The Bertz CT molecular complexity index is 279. The Morgan fingerprint density at radius 3 is 2.71 bits per heavy atom. The Balaban J connectivity index is 2.45. The SMILES string of the molecule is CC(C)NCCC(=O)N1CCCCC1C(=O)O. The second-order valence-electron chi connectivity index (χ2n) is 4.80. The largest absolute Gasteiger partial charge is 0.480 e. The van der Waals surface area contributed by atoms with Crippen molar-refractivity contribution < 1.29 is 14.7 Å². The number of amides is 1. The first-order chi connectivity index (χ1) is 8.02. The highest BCUT2D eigenvalue weighted by Gasteiger charge is 2.31. The van der Waals surface area contributed by atoms with Gasteiger partial charge in [-0.15, -0.1) is 0 Å². The van der Waals surface area contributed by atoms with Gasteiger partial charge in [0.15, 0.2) is 0 Å². The summed E-state index contributed by atoms with van der Waals surface area (Å²) in [7, 11) is 0. The van der Waals surface area contributed by atoms with Gasteiger partial charge in [0.1, 0.15) is 6.04 Å². The summed E-state index contributed by atoms with van der Waals surface area (Å²) in [5.74, 6) is -0.930. The van der Waals surface area contributed by atoms with Crippen LogP contribution in [-0.4, -0.2) is 47.1 Å². The number of rotatable bonds is 5. The third kappa shape index (κ3) is 4.34. The predicted octanol–water partition coefficient (Wildman–Crippen LogP) is 0.840. The number of carboxylic acids is 1. The van der Waals surface area contributed by atoms with Gasteiger partial charge in [0, 0.05) is 25.6 Å². The van der Waals surface area contributed by atoms with Crippen molar-refractivity contribution in [2.24, 2.45) is 0 Å². The van der Waals surface area contributed by atoms with Gasteiger partial charge in [0.2, 0.25) is 5.91 Å². The molecule has 5 heteroatoms. The maximum Gasteiger partial charge on any atom is 0.326 e. The van der Waals surface area contributed by atoms with Gasteiger partial charge < -0.3 is 15.3 Å². The van der Waals surface area contributed by atoms with Crippen LogP contribution in [0.5, 0.6) is 0 Å². The molecule has 0 aromatic carbocycles. The molecule has 0 radical (unpaired) electrons. The van der Waals surface area contributed by atoms with Crippen LogP contribution in [0.1, 0.15) is 39.5 Å². The number of nitrogens with zero attached hydrogens (tertiary/aromatic N) is 1. The zero-order valence-electron chi connectivity index (χ0n) is 10.6. The monoisotopic (exact) mass is 242 g/mol. The molecule has 1 aliphatic heterocycles. The third-order valence-corrected chi connectivity index (χ3v) is 3.00. The molecule has 0 aromatic rings. The van der Waals surface area contributed by atoms with Crippen molar-refractivity contribution in [3.05, 3.63) is 0 Å². The molecule has 0 saturated carbocycles. The molecule has 1 aliphatic rings. The fourth-order valence-electron chi connectivity index (χ4n) is 2.10. The maximum atomic E-state index is 11.9. The van der Waals surface area contributed by atoms with Crippen LogP contribution in [0.3, 0.4) is 0 Å². The van der Waals surface area contributed by atoms with Gasteiger partial charge >= 0.3 is 5.97 Å². The number of likely N-dealkylation sites (tertiary alicyclic amines) is 1. The Hall–Kier alpha value is -1.10. The third-order valence-electron chi connectivity index (χ3n) is 3.00. The molecule has 1 amide bonds. The molecule has 1 saturated heterocycles. The summed E-state index contributed by atoms with van der Waals surface area (Å²) >= 11 is 0. The molecule has 5 nitrogen and oxygen atoms in total. The lowest BCUT2D eigenvalue weighted by molar-refractivity contribution is -0.152. The molecule has 1 fully saturated rings. The number of hydrogen-bond acceptors (Lipinski definition) is 3. The molecular formula is C12H22N2O3. The van der Waals surface area contributed by atoms with Gasteiger partial charge in [-0.25, -0.2) is 4.79 Å². The van der Waals surface area contributed by atoms with Gasteiger partial charge in [-0.05, 0) is 19.3 Å². The van der Waals surface area contributed by atoms with Crippen LogP contribution in [0.25, 0.3) is 0 Å². The van der Waals surface area contributed by atoms with Gasteiger partial charge in [0.25, 0.3) is 0 Å². The molecule has 17 heavy (non-hydrogen) atoms. The zero-order chi connectivity index (χ0) is 12.8. The van der Waals surface area contributed by atoms with Crippen molar-refractivity contribution in [3.8, 4) is 0 Å². The van der Waals surface area contributed by atoms with Crippen LogP contribution in [0.2, 0.25) is 0 Å². The van der Waals surface area contributed by atoms with Gasteiger partial charge in [-0.3, -0.25) is 4.79 Å². The van der Waals surface area contributed by atoms with Gasteiger partial charge in [0.05, 0.1) is 0 Å². The second-order valence-corrected chi connectivity index (χ2v) is 4.80. The van der Waals surface area contributed by atoms with Crippen molar-refractivity contribution in [2.45, 2.75) is 51.6 Å². The number of nitrogens with one attached hydrogen (secondary N) is 1. The Labute approximate surface area is 102 Å². The summed E-state index contributed by atoms with van der Waals surface area (Å²) in [6, 6.07) is -0.269. The zero-order valence-corrected chi connectivity index (χ0v) is 10.6. The van der Waals surface area contributed by atoms with E-state index < -0.39 is 12.0 Å². The fraction of sp³-hybridized carbons (Fsp3) is 0.833. The molecule has 1 heterocycles. The van der Waals surface area contributed by atoms with Crippen LogP contribution in [0, 0.1) is 0 Å². The minimum absolute atomic E-state index is 0.0507. The Kier molecular flexibility index (Phi) is 5.41. The molecule has 0 spiro atoms. The first-order valence-electron chi connectivity index (χ1n) is 6.28. The van der Waals surface area contributed by atoms with E-state index >= 15 is 0 Å². The number of carbonyl (C=O) groups is 2. The summed E-state index contributed by atoms with van der Waals surface area (Å²) in [4.78, 5) is 24.5. The van der Waals surface area contributed by atoms with E-state index in [1.807, 2.05) is 13.8 Å². The fourth-order valence-corrected chi connectivity index (χ4v) is 2.10. The molecule has 98 valence electrons. The number of carboxylic acid groups (broad SMARTS) is 1. The van der Waals surface area contributed by atoms with Crippen LogP contribution < -0.4 is 5.32 Å².